The Labute approximate surface area is 135 Å². The maximum absolute atomic E-state index is 12.1. The lowest BCUT2D eigenvalue weighted by molar-refractivity contribution is 0.0768. The molecular formula is C14H16BrN3O2S. The lowest BCUT2D eigenvalue weighted by Crippen LogP contribution is -2.31. The predicted molar refractivity (Wildman–Crippen MR) is 86.6 cm³/mol. The zero-order valence-electron chi connectivity index (χ0n) is 11.6. The van der Waals surface area contributed by atoms with Crippen LogP contribution in [0.1, 0.15) is 15.5 Å². The van der Waals surface area contributed by atoms with Crippen LogP contribution in [0.15, 0.2) is 34.1 Å². The summed E-state index contributed by atoms with van der Waals surface area (Å²) in [6.07, 6.45) is 0. The number of thiazole rings is 1. The van der Waals surface area contributed by atoms with Crippen LogP contribution in [0.25, 0.3) is 0 Å². The number of rotatable bonds is 6. The molecule has 5 nitrogen and oxygen atoms in total. The van der Waals surface area contributed by atoms with E-state index in [0.717, 1.165) is 15.2 Å². The van der Waals surface area contributed by atoms with Crippen molar-refractivity contribution in [3.8, 4) is 5.75 Å². The molecule has 7 heteroatoms. The van der Waals surface area contributed by atoms with Crippen LogP contribution in [0, 0.1) is 0 Å². The number of likely N-dealkylation sites (N-methyl/N-ethyl adjacent to an activating group) is 1. The molecule has 2 aromatic rings. The quantitative estimate of drug-likeness (QED) is 0.849. The smallest absolute Gasteiger partial charge is 0.273 e. The number of benzene rings is 1. The predicted octanol–water partition coefficient (Wildman–Crippen LogP) is 2.52. The molecule has 0 spiro atoms. The molecule has 0 bridgehead atoms. The van der Waals surface area contributed by atoms with E-state index >= 15 is 0 Å². The standard InChI is InChI=1S/C14H16BrN3O2S/c1-18(14(19)12-9-21-13(8-16)17-12)6-7-20-11-4-2-10(15)3-5-11/h2-5,9H,6-8,16H2,1H3. The number of hydrogen-bond donors (Lipinski definition) is 1. The Hall–Kier alpha value is -1.44. The number of halogens is 1. The molecule has 2 rings (SSSR count). The zero-order valence-corrected chi connectivity index (χ0v) is 14.0. The molecule has 1 amide bonds. The molecule has 1 heterocycles. The summed E-state index contributed by atoms with van der Waals surface area (Å²) in [6, 6.07) is 7.57. The van der Waals surface area contributed by atoms with Gasteiger partial charge >= 0.3 is 0 Å². The molecule has 0 atom stereocenters. The van der Waals surface area contributed by atoms with Gasteiger partial charge in [-0.05, 0) is 24.3 Å². The van der Waals surface area contributed by atoms with Gasteiger partial charge in [0.05, 0.1) is 6.54 Å². The molecule has 0 unspecified atom stereocenters. The number of carbonyl (C=O) groups excluding carboxylic acids is 1. The van der Waals surface area contributed by atoms with E-state index in [1.165, 1.54) is 11.3 Å². The average molecular weight is 370 g/mol. The van der Waals surface area contributed by atoms with Crippen molar-refractivity contribution in [1.82, 2.24) is 9.88 Å². The molecule has 0 saturated carbocycles. The largest absolute Gasteiger partial charge is 0.492 e. The number of amides is 1. The maximum atomic E-state index is 12.1. The number of nitrogens with two attached hydrogens (primary N) is 1. The van der Waals surface area contributed by atoms with E-state index in [0.29, 0.717) is 25.4 Å². The highest BCUT2D eigenvalue weighted by molar-refractivity contribution is 9.10. The monoisotopic (exact) mass is 369 g/mol. The molecule has 0 aliphatic carbocycles. The van der Waals surface area contributed by atoms with Gasteiger partial charge in [-0.25, -0.2) is 4.98 Å². The maximum Gasteiger partial charge on any atom is 0.273 e. The van der Waals surface area contributed by atoms with Crippen molar-refractivity contribution in [1.29, 1.82) is 0 Å². The van der Waals surface area contributed by atoms with Crippen molar-refractivity contribution in [2.24, 2.45) is 5.73 Å². The Kier molecular flexibility index (Phi) is 5.72. The van der Waals surface area contributed by atoms with Crippen LogP contribution in [-0.4, -0.2) is 36.0 Å². The van der Waals surface area contributed by atoms with E-state index in [1.54, 1.807) is 17.3 Å². The summed E-state index contributed by atoms with van der Waals surface area (Å²) in [5.41, 5.74) is 5.93. The molecule has 0 radical (unpaired) electrons. The first-order chi connectivity index (χ1) is 10.1. The van der Waals surface area contributed by atoms with Gasteiger partial charge in [0.25, 0.3) is 5.91 Å². The summed E-state index contributed by atoms with van der Waals surface area (Å²) in [5.74, 6) is 0.656. The Bertz CT molecular complexity index is 601. The molecule has 0 saturated heterocycles. The van der Waals surface area contributed by atoms with E-state index in [-0.39, 0.29) is 5.91 Å². The molecular weight excluding hydrogens is 354 g/mol. The third kappa shape index (κ3) is 4.52. The second-order valence-corrected chi connectivity index (χ2v) is 6.22. The van der Waals surface area contributed by atoms with Crippen LogP contribution in [0.2, 0.25) is 0 Å². The van der Waals surface area contributed by atoms with Crippen LogP contribution < -0.4 is 10.5 Å². The molecule has 0 aliphatic heterocycles. The van der Waals surface area contributed by atoms with Crippen molar-refractivity contribution >= 4 is 33.2 Å². The molecule has 21 heavy (non-hydrogen) atoms. The van der Waals surface area contributed by atoms with Gasteiger partial charge in [-0.3, -0.25) is 4.79 Å². The van der Waals surface area contributed by atoms with Crippen molar-refractivity contribution in [2.45, 2.75) is 6.54 Å². The van der Waals surface area contributed by atoms with Crippen LogP contribution in [0.3, 0.4) is 0 Å². The highest BCUT2D eigenvalue weighted by Crippen LogP contribution is 2.16. The number of aromatic nitrogens is 1. The lowest BCUT2D eigenvalue weighted by Gasteiger charge is -2.16. The van der Waals surface area contributed by atoms with Gasteiger partial charge in [0.15, 0.2) is 0 Å². The molecule has 2 N–H and O–H groups in total. The third-order valence-corrected chi connectivity index (χ3v) is 4.20. The summed E-state index contributed by atoms with van der Waals surface area (Å²) >= 11 is 4.76. The third-order valence-electron chi connectivity index (χ3n) is 2.80. The second kappa shape index (κ2) is 7.53. The van der Waals surface area contributed by atoms with Crippen LogP contribution >= 0.6 is 27.3 Å². The Balaban J connectivity index is 1.82. The van der Waals surface area contributed by atoms with Crippen molar-refractivity contribution < 1.29 is 9.53 Å². The van der Waals surface area contributed by atoms with Gasteiger partial charge in [0.1, 0.15) is 23.1 Å². The minimum Gasteiger partial charge on any atom is -0.492 e. The number of nitrogens with zero attached hydrogens (tertiary/aromatic N) is 2. The minimum atomic E-state index is -0.120. The van der Waals surface area contributed by atoms with E-state index in [1.807, 2.05) is 24.3 Å². The van der Waals surface area contributed by atoms with Crippen LogP contribution in [0.4, 0.5) is 0 Å². The number of ether oxygens (including phenoxy) is 1. The SMILES string of the molecule is CN(CCOc1ccc(Br)cc1)C(=O)c1csc(CN)n1. The van der Waals surface area contributed by atoms with Crippen LogP contribution in [-0.2, 0) is 6.54 Å². The molecule has 1 aromatic heterocycles. The normalized spacial score (nSPS) is 10.4. The average Bonchev–Trinajstić information content (AvgIpc) is 2.97. The van der Waals surface area contributed by atoms with E-state index in [9.17, 15) is 4.79 Å². The van der Waals surface area contributed by atoms with Crippen molar-refractivity contribution in [2.75, 3.05) is 20.2 Å². The first-order valence-electron chi connectivity index (χ1n) is 6.38. The summed E-state index contributed by atoms with van der Waals surface area (Å²) in [4.78, 5) is 17.9. The Morgan fingerprint density at radius 1 is 1.43 bits per heavy atom. The highest BCUT2D eigenvalue weighted by Gasteiger charge is 2.15. The van der Waals surface area contributed by atoms with Crippen molar-refractivity contribution in [3.05, 3.63) is 44.8 Å². The van der Waals surface area contributed by atoms with Gasteiger partial charge in [0.2, 0.25) is 0 Å². The Morgan fingerprint density at radius 2 is 2.14 bits per heavy atom. The second-order valence-electron chi connectivity index (χ2n) is 4.36. The summed E-state index contributed by atoms with van der Waals surface area (Å²) in [6.45, 7) is 1.27. The van der Waals surface area contributed by atoms with Gasteiger partial charge in [0, 0.05) is 23.4 Å². The highest BCUT2D eigenvalue weighted by atomic mass is 79.9. The van der Waals surface area contributed by atoms with Crippen molar-refractivity contribution in [3.63, 3.8) is 0 Å². The van der Waals surface area contributed by atoms with Gasteiger partial charge in [-0.1, -0.05) is 15.9 Å². The topological polar surface area (TPSA) is 68.5 Å². The fraction of sp³-hybridized carbons (Fsp3) is 0.286. The van der Waals surface area contributed by atoms with E-state index in [4.69, 9.17) is 10.5 Å². The molecule has 1 aromatic carbocycles. The van der Waals surface area contributed by atoms with E-state index < -0.39 is 0 Å². The first-order valence-corrected chi connectivity index (χ1v) is 8.05. The summed E-state index contributed by atoms with van der Waals surface area (Å²) < 4.78 is 6.59. The number of carbonyl (C=O) groups is 1. The molecule has 0 fully saturated rings. The molecule has 0 aliphatic rings. The fourth-order valence-corrected chi connectivity index (χ4v) is 2.54. The fourth-order valence-electron chi connectivity index (χ4n) is 1.63. The zero-order chi connectivity index (χ0) is 15.2. The Morgan fingerprint density at radius 3 is 2.76 bits per heavy atom. The van der Waals surface area contributed by atoms with Crippen LogP contribution in [0.5, 0.6) is 5.75 Å². The first kappa shape index (κ1) is 15.9. The lowest BCUT2D eigenvalue weighted by atomic mass is 10.3. The summed E-state index contributed by atoms with van der Waals surface area (Å²) in [5, 5.41) is 2.49. The van der Waals surface area contributed by atoms with Gasteiger partial charge in [-0.2, -0.15) is 0 Å². The minimum absolute atomic E-state index is 0.120. The van der Waals surface area contributed by atoms with E-state index in [2.05, 4.69) is 20.9 Å². The van der Waals surface area contributed by atoms with Gasteiger partial charge < -0.3 is 15.4 Å². The molecule has 112 valence electrons. The van der Waals surface area contributed by atoms with Gasteiger partial charge in [-0.15, -0.1) is 11.3 Å². The number of hydrogen-bond acceptors (Lipinski definition) is 5. The summed E-state index contributed by atoms with van der Waals surface area (Å²) in [7, 11) is 1.73.